The minimum atomic E-state index is 0.0412. The summed E-state index contributed by atoms with van der Waals surface area (Å²) in [6.07, 6.45) is 4.75. The Morgan fingerprint density at radius 2 is 2.18 bits per heavy atom. The molecule has 0 aliphatic heterocycles. The summed E-state index contributed by atoms with van der Waals surface area (Å²) in [5, 5.41) is 3.03. The Morgan fingerprint density at radius 3 is 2.71 bits per heavy atom. The molecule has 0 saturated heterocycles. The van der Waals surface area contributed by atoms with Crippen molar-refractivity contribution in [1.82, 2.24) is 5.32 Å². The molecule has 0 bridgehead atoms. The van der Waals surface area contributed by atoms with Gasteiger partial charge in [0.2, 0.25) is 0 Å². The highest BCUT2D eigenvalue weighted by Gasteiger charge is 2.33. The number of carbonyl (C=O) groups is 1. The zero-order valence-corrected chi connectivity index (χ0v) is 11.7. The van der Waals surface area contributed by atoms with Gasteiger partial charge >= 0.3 is 0 Å². The van der Waals surface area contributed by atoms with Crippen molar-refractivity contribution in [3.05, 3.63) is 21.9 Å². The number of thiophene rings is 1. The third-order valence-electron chi connectivity index (χ3n) is 3.54. The van der Waals surface area contributed by atoms with Crippen LogP contribution in [0.3, 0.4) is 0 Å². The normalized spacial score (nSPS) is 18.2. The third kappa shape index (κ3) is 3.02. The van der Waals surface area contributed by atoms with E-state index in [1.165, 1.54) is 29.1 Å². The molecule has 1 aromatic rings. The maximum absolute atomic E-state index is 11.9. The van der Waals surface area contributed by atoms with Gasteiger partial charge in [-0.2, -0.15) is 0 Å². The fourth-order valence-electron chi connectivity index (χ4n) is 2.39. The number of halogens is 1. The first-order chi connectivity index (χ1) is 8.15. The molecule has 17 heavy (non-hydrogen) atoms. The van der Waals surface area contributed by atoms with Crippen LogP contribution in [0.4, 0.5) is 0 Å². The summed E-state index contributed by atoms with van der Waals surface area (Å²) in [7, 11) is 0. The van der Waals surface area contributed by atoms with Crippen LogP contribution < -0.4 is 5.32 Å². The highest BCUT2D eigenvalue weighted by atomic mass is 35.5. The lowest BCUT2D eigenvalue weighted by atomic mass is 9.88. The Labute approximate surface area is 111 Å². The summed E-state index contributed by atoms with van der Waals surface area (Å²) in [5.74, 6) is 0.691. The van der Waals surface area contributed by atoms with E-state index in [2.05, 4.69) is 5.32 Å². The van der Waals surface area contributed by atoms with E-state index >= 15 is 0 Å². The van der Waals surface area contributed by atoms with Crippen LogP contribution in [0.15, 0.2) is 12.1 Å². The summed E-state index contributed by atoms with van der Waals surface area (Å²) in [5.41, 5.74) is 0.142. The average molecular weight is 272 g/mol. The second kappa shape index (κ2) is 5.40. The SMILES string of the molecule is Cc1ccc(C(=O)NCC2(CCl)CCCC2)s1. The lowest BCUT2D eigenvalue weighted by Crippen LogP contribution is -2.36. The Kier molecular flexibility index (Phi) is 4.10. The van der Waals surface area contributed by atoms with Gasteiger partial charge in [-0.05, 0) is 31.9 Å². The Balaban J connectivity index is 1.91. The molecule has 1 aliphatic rings. The summed E-state index contributed by atoms with van der Waals surface area (Å²) in [6, 6.07) is 3.86. The average Bonchev–Trinajstić information content (AvgIpc) is 2.95. The van der Waals surface area contributed by atoms with Gasteiger partial charge in [0.1, 0.15) is 0 Å². The Morgan fingerprint density at radius 1 is 1.47 bits per heavy atom. The van der Waals surface area contributed by atoms with Crippen LogP contribution in [0.25, 0.3) is 0 Å². The fourth-order valence-corrected chi connectivity index (χ4v) is 3.54. The van der Waals surface area contributed by atoms with Crippen molar-refractivity contribution < 1.29 is 4.79 Å². The maximum atomic E-state index is 11.9. The zero-order valence-electron chi connectivity index (χ0n) is 10.1. The van der Waals surface area contributed by atoms with E-state index in [0.717, 1.165) is 17.7 Å². The Bertz CT molecular complexity index is 396. The zero-order chi connectivity index (χ0) is 12.3. The van der Waals surface area contributed by atoms with Crippen LogP contribution in [-0.2, 0) is 0 Å². The van der Waals surface area contributed by atoms with E-state index in [1.807, 2.05) is 19.1 Å². The van der Waals surface area contributed by atoms with E-state index in [0.29, 0.717) is 12.4 Å². The first kappa shape index (κ1) is 12.9. The molecule has 4 heteroatoms. The number of carbonyl (C=O) groups excluding carboxylic acids is 1. The fraction of sp³-hybridized carbons (Fsp3) is 0.615. The highest BCUT2D eigenvalue weighted by molar-refractivity contribution is 7.13. The van der Waals surface area contributed by atoms with Gasteiger partial charge in [0.15, 0.2) is 0 Å². The molecule has 1 aromatic heterocycles. The molecule has 2 nitrogen and oxygen atoms in total. The van der Waals surface area contributed by atoms with Crippen molar-refractivity contribution in [3.8, 4) is 0 Å². The minimum Gasteiger partial charge on any atom is -0.351 e. The quantitative estimate of drug-likeness (QED) is 0.833. The summed E-state index contributed by atoms with van der Waals surface area (Å²) >= 11 is 7.59. The van der Waals surface area contributed by atoms with Crippen molar-refractivity contribution in [2.45, 2.75) is 32.6 Å². The first-order valence-electron chi connectivity index (χ1n) is 6.06. The molecule has 94 valence electrons. The highest BCUT2D eigenvalue weighted by Crippen LogP contribution is 2.38. The van der Waals surface area contributed by atoms with Gasteiger partial charge in [-0.15, -0.1) is 22.9 Å². The molecule has 0 atom stereocenters. The van der Waals surface area contributed by atoms with Crippen molar-refractivity contribution in [3.63, 3.8) is 0 Å². The van der Waals surface area contributed by atoms with Crippen molar-refractivity contribution in [2.75, 3.05) is 12.4 Å². The van der Waals surface area contributed by atoms with Gasteiger partial charge in [0.05, 0.1) is 4.88 Å². The smallest absolute Gasteiger partial charge is 0.261 e. The van der Waals surface area contributed by atoms with E-state index in [-0.39, 0.29) is 11.3 Å². The van der Waals surface area contributed by atoms with Crippen molar-refractivity contribution in [2.24, 2.45) is 5.41 Å². The van der Waals surface area contributed by atoms with Gasteiger partial charge < -0.3 is 5.32 Å². The van der Waals surface area contributed by atoms with Gasteiger partial charge in [-0.1, -0.05) is 12.8 Å². The lowest BCUT2D eigenvalue weighted by Gasteiger charge is -2.26. The van der Waals surface area contributed by atoms with Gasteiger partial charge in [-0.3, -0.25) is 4.79 Å². The third-order valence-corrected chi connectivity index (χ3v) is 5.10. The monoisotopic (exact) mass is 271 g/mol. The molecule has 0 radical (unpaired) electrons. The van der Waals surface area contributed by atoms with Crippen molar-refractivity contribution in [1.29, 1.82) is 0 Å². The number of hydrogen-bond acceptors (Lipinski definition) is 2. The molecule has 1 aliphatic carbocycles. The molecule has 1 N–H and O–H groups in total. The van der Waals surface area contributed by atoms with Gasteiger partial charge in [0.25, 0.3) is 5.91 Å². The van der Waals surface area contributed by atoms with E-state index < -0.39 is 0 Å². The number of nitrogens with one attached hydrogen (secondary N) is 1. The molecule has 1 amide bonds. The molecule has 0 aromatic carbocycles. The van der Waals surface area contributed by atoms with Crippen LogP contribution in [0.2, 0.25) is 0 Å². The summed E-state index contributed by atoms with van der Waals surface area (Å²) in [6.45, 7) is 2.73. The molecule has 2 rings (SSSR count). The first-order valence-corrected chi connectivity index (χ1v) is 7.41. The summed E-state index contributed by atoms with van der Waals surface area (Å²) in [4.78, 5) is 13.9. The Hall–Kier alpha value is -0.540. The van der Waals surface area contributed by atoms with Crippen LogP contribution >= 0.6 is 22.9 Å². The molecular formula is C13H18ClNOS. The van der Waals surface area contributed by atoms with Crippen LogP contribution in [0.1, 0.15) is 40.2 Å². The predicted molar refractivity (Wildman–Crippen MR) is 73.0 cm³/mol. The molecule has 1 saturated carbocycles. The molecule has 0 unspecified atom stereocenters. The molecule has 0 spiro atoms. The number of amides is 1. The van der Waals surface area contributed by atoms with Gasteiger partial charge in [-0.25, -0.2) is 0 Å². The number of alkyl halides is 1. The maximum Gasteiger partial charge on any atom is 0.261 e. The van der Waals surface area contributed by atoms with E-state index in [4.69, 9.17) is 11.6 Å². The van der Waals surface area contributed by atoms with Crippen molar-refractivity contribution >= 4 is 28.8 Å². The van der Waals surface area contributed by atoms with Gasteiger partial charge in [0, 0.05) is 22.7 Å². The van der Waals surface area contributed by atoms with Crippen LogP contribution in [-0.4, -0.2) is 18.3 Å². The molecular weight excluding hydrogens is 254 g/mol. The topological polar surface area (TPSA) is 29.1 Å². The molecule has 1 fully saturated rings. The second-order valence-corrected chi connectivity index (χ2v) is 6.49. The number of rotatable bonds is 4. The summed E-state index contributed by atoms with van der Waals surface area (Å²) < 4.78 is 0. The van der Waals surface area contributed by atoms with Crippen LogP contribution in [0.5, 0.6) is 0 Å². The van der Waals surface area contributed by atoms with Crippen LogP contribution in [0, 0.1) is 12.3 Å². The van der Waals surface area contributed by atoms with E-state index in [9.17, 15) is 4.79 Å². The lowest BCUT2D eigenvalue weighted by molar-refractivity contribution is 0.0939. The second-order valence-electron chi connectivity index (χ2n) is 4.93. The minimum absolute atomic E-state index is 0.0412. The van der Waals surface area contributed by atoms with E-state index in [1.54, 1.807) is 0 Å². The standard InChI is InChI=1S/C13H18ClNOS/c1-10-4-5-11(17-10)12(16)15-9-13(8-14)6-2-3-7-13/h4-5H,2-3,6-9H2,1H3,(H,15,16). The largest absolute Gasteiger partial charge is 0.351 e. The molecule has 1 heterocycles. The number of hydrogen-bond donors (Lipinski definition) is 1. The number of aryl methyl sites for hydroxylation is 1. The predicted octanol–water partition coefficient (Wildman–Crippen LogP) is 3.59.